The van der Waals surface area contributed by atoms with Crippen molar-refractivity contribution in [1.29, 1.82) is 0 Å². The molecule has 0 saturated heterocycles. The van der Waals surface area contributed by atoms with Crippen molar-refractivity contribution in [3.8, 4) is 11.1 Å². The van der Waals surface area contributed by atoms with Gasteiger partial charge in [0.05, 0.1) is 0 Å². The van der Waals surface area contributed by atoms with Crippen molar-refractivity contribution in [2.24, 2.45) is 0 Å². The fraction of sp³-hybridized carbons (Fsp3) is 0.167. The number of alkyl halides is 3. The van der Waals surface area contributed by atoms with E-state index >= 15 is 0 Å². The van der Waals surface area contributed by atoms with Crippen molar-refractivity contribution in [2.45, 2.75) is 13.1 Å². The Morgan fingerprint density at radius 1 is 1.06 bits per heavy atom. The van der Waals surface area contributed by atoms with Crippen molar-refractivity contribution in [3.63, 3.8) is 0 Å². The summed E-state index contributed by atoms with van der Waals surface area (Å²) in [6.07, 6.45) is -4.46. The highest BCUT2D eigenvalue weighted by Gasteiger charge is 2.38. The molecule has 1 nitrogen and oxygen atoms in total. The highest BCUT2D eigenvalue weighted by Crippen LogP contribution is 2.38. The van der Waals surface area contributed by atoms with Crippen molar-refractivity contribution < 1.29 is 17.6 Å². The Morgan fingerprint density at radius 2 is 1.69 bits per heavy atom. The minimum absolute atomic E-state index is 0.0885. The maximum absolute atomic E-state index is 12.7. The molecule has 1 aromatic carbocycles. The topological polar surface area (TPSA) is 13.1 Å². The van der Waals surface area contributed by atoms with Crippen LogP contribution in [0.1, 0.15) is 11.5 Å². The highest BCUT2D eigenvalue weighted by molar-refractivity contribution is 5.66. The molecule has 0 atom stereocenters. The van der Waals surface area contributed by atoms with Crippen LogP contribution < -0.4 is 0 Å². The van der Waals surface area contributed by atoms with Crippen LogP contribution in [0.4, 0.5) is 13.2 Å². The van der Waals surface area contributed by atoms with E-state index in [1.807, 2.05) is 0 Å². The zero-order chi connectivity index (χ0) is 11.8. The SMILES string of the molecule is Cc1cc(-c2ccccc2)c(C(F)(F)F)o1. The molecule has 0 fully saturated rings. The molecular weight excluding hydrogens is 217 g/mol. The summed E-state index contributed by atoms with van der Waals surface area (Å²) < 4.78 is 42.7. The summed E-state index contributed by atoms with van der Waals surface area (Å²) in [6.45, 7) is 1.50. The lowest BCUT2D eigenvalue weighted by Crippen LogP contribution is -2.04. The molecule has 0 spiro atoms. The van der Waals surface area contributed by atoms with Crippen LogP contribution in [0.2, 0.25) is 0 Å². The van der Waals surface area contributed by atoms with Crippen LogP contribution in [-0.2, 0) is 6.18 Å². The van der Waals surface area contributed by atoms with E-state index in [0.717, 1.165) is 0 Å². The van der Waals surface area contributed by atoms with Gasteiger partial charge in [-0.05, 0) is 18.6 Å². The number of benzene rings is 1. The van der Waals surface area contributed by atoms with E-state index in [4.69, 9.17) is 4.42 Å². The van der Waals surface area contributed by atoms with Crippen LogP contribution in [0.25, 0.3) is 11.1 Å². The van der Waals surface area contributed by atoms with Gasteiger partial charge in [-0.3, -0.25) is 0 Å². The van der Waals surface area contributed by atoms with Gasteiger partial charge in [0.25, 0.3) is 0 Å². The molecule has 0 aliphatic carbocycles. The first-order chi connectivity index (χ1) is 7.48. The number of halogens is 3. The molecular formula is C12H9F3O. The third kappa shape index (κ3) is 1.96. The first-order valence-corrected chi connectivity index (χ1v) is 4.71. The first kappa shape index (κ1) is 10.8. The van der Waals surface area contributed by atoms with Crippen LogP contribution in [0, 0.1) is 6.92 Å². The Labute approximate surface area is 90.5 Å². The van der Waals surface area contributed by atoms with Crippen LogP contribution in [0.5, 0.6) is 0 Å². The van der Waals surface area contributed by atoms with E-state index in [1.54, 1.807) is 30.3 Å². The Hall–Kier alpha value is -1.71. The fourth-order valence-corrected chi connectivity index (χ4v) is 1.56. The fourth-order valence-electron chi connectivity index (χ4n) is 1.56. The average Bonchev–Trinajstić information content (AvgIpc) is 2.61. The van der Waals surface area contributed by atoms with Crippen molar-refractivity contribution in [3.05, 3.63) is 47.9 Å². The summed E-state index contributed by atoms with van der Waals surface area (Å²) in [5.41, 5.74) is 0.595. The van der Waals surface area contributed by atoms with Crippen LogP contribution in [0.3, 0.4) is 0 Å². The molecule has 84 valence electrons. The molecule has 0 bridgehead atoms. The molecule has 2 aromatic rings. The van der Waals surface area contributed by atoms with Crippen molar-refractivity contribution >= 4 is 0 Å². The first-order valence-electron chi connectivity index (χ1n) is 4.71. The second kappa shape index (κ2) is 3.70. The maximum atomic E-state index is 12.7. The summed E-state index contributed by atoms with van der Waals surface area (Å²) in [7, 11) is 0. The number of aryl methyl sites for hydroxylation is 1. The zero-order valence-electron chi connectivity index (χ0n) is 8.51. The quantitative estimate of drug-likeness (QED) is 0.707. The Balaban J connectivity index is 2.58. The average molecular weight is 226 g/mol. The van der Waals surface area contributed by atoms with E-state index < -0.39 is 11.9 Å². The summed E-state index contributed by atoms with van der Waals surface area (Å²) in [5, 5.41) is 0. The van der Waals surface area contributed by atoms with Gasteiger partial charge in [0.15, 0.2) is 0 Å². The van der Waals surface area contributed by atoms with E-state index in [0.29, 0.717) is 5.56 Å². The van der Waals surface area contributed by atoms with Gasteiger partial charge in [0.1, 0.15) is 5.76 Å². The van der Waals surface area contributed by atoms with E-state index in [-0.39, 0.29) is 11.3 Å². The number of hydrogen-bond acceptors (Lipinski definition) is 1. The normalized spacial score (nSPS) is 11.8. The lowest BCUT2D eigenvalue weighted by atomic mass is 10.1. The summed E-state index contributed by atoms with van der Waals surface area (Å²) in [5.74, 6) is -0.678. The van der Waals surface area contributed by atoms with Crippen LogP contribution in [-0.4, -0.2) is 0 Å². The summed E-state index contributed by atoms with van der Waals surface area (Å²) >= 11 is 0. The number of rotatable bonds is 1. The monoisotopic (exact) mass is 226 g/mol. The van der Waals surface area contributed by atoms with Gasteiger partial charge in [-0.1, -0.05) is 30.3 Å². The molecule has 1 heterocycles. The highest BCUT2D eigenvalue weighted by atomic mass is 19.4. The second-order valence-electron chi connectivity index (χ2n) is 3.46. The summed E-state index contributed by atoms with van der Waals surface area (Å²) in [4.78, 5) is 0. The molecule has 0 unspecified atom stereocenters. The predicted octanol–water partition coefficient (Wildman–Crippen LogP) is 4.27. The van der Waals surface area contributed by atoms with Gasteiger partial charge < -0.3 is 4.42 Å². The molecule has 1 aromatic heterocycles. The second-order valence-corrected chi connectivity index (χ2v) is 3.46. The minimum Gasteiger partial charge on any atom is -0.456 e. The molecule has 0 aliphatic heterocycles. The van der Waals surface area contributed by atoms with E-state index in [1.165, 1.54) is 13.0 Å². The van der Waals surface area contributed by atoms with Gasteiger partial charge in [-0.2, -0.15) is 13.2 Å². The smallest absolute Gasteiger partial charge is 0.450 e. The van der Waals surface area contributed by atoms with Crippen LogP contribution in [0.15, 0.2) is 40.8 Å². The molecule has 16 heavy (non-hydrogen) atoms. The minimum atomic E-state index is -4.46. The van der Waals surface area contributed by atoms with Gasteiger partial charge in [-0.25, -0.2) is 0 Å². The lowest BCUT2D eigenvalue weighted by Gasteiger charge is -2.05. The molecule has 0 amide bonds. The van der Waals surface area contributed by atoms with Gasteiger partial charge >= 0.3 is 6.18 Å². The standard InChI is InChI=1S/C12H9F3O/c1-8-7-10(9-5-3-2-4-6-9)11(16-8)12(13,14)15/h2-7H,1H3. The van der Waals surface area contributed by atoms with E-state index in [2.05, 4.69) is 0 Å². The maximum Gasteiger partial charge on any atom is 0.450 e. The third-order valence-corrected chi connectivity index (χ3v) is 2.20. The molecule has 0 aliphatic rings. The van der Waals surface area contributed by atoms with Gasteiger partial charge in [-0.15, -0.1) is 0 Å². The lowest BCUT2D eigenvalue weighted by molar-refractivity contribution is -0.152. The van der Waals surface area contributed by atoms with Gasteiger partial charge in [0.2, 0.25) is 5.76 Å². The molecule has 0 saturated carbocycles. The summed E-state index contributed by atoms with van der Waals surface area (Å²) in [6, 6.07) is 9.79. The third-order valence-electron chi connectivity index (χ3n) is 2.20. The zero-order valence-corrected chi connectivity index (χ0v) is 8.51. The number of hydrogen-bond donors (Lipinski definition) is 0. The molecule has 0 radical (unpaired) electrons. The van der Waals surface area contributed by atoms with Gasteiger partial charge in [0, 0.05) is 5.56 Å². The largest absolute Gasteiger partial charge is 0.456 e. The molecule has 2 rings (SSSR count). The Bertz CT molecular complexity index is 483. The van der Waals surface area contributed by atoms with E-state index in [9.17, 15) is 13.2 Å². The predicted molar refractivity (Wildman–Crippen MR) is 53.9 cm³/mol. The number of furan rings is 1. The Kier molecular flexibility index (Phi) is 2.50. The van der Waals surface area contributed by atoms with Crippen molar-refractivity contribution in [1.82, 2.24) is 0 Å². The molecule has 4 heteroatoms. The Morgan fingerprint density at radius 3 is 2.25 bits per heavy atom. The molecule has 0 N–H and O–H groups in total. The van der Waals surface area contributed by atoms with Crippen molar-refractivity contribution in [2.75, 3.05) is 0 Å². The van der Waals surface area contributed by atoms with Crippen LogP contribution >= 0.6 is 0 Å².